The molecule has 2 aromatic rings. The Balaban J connectivity index is 1.84. The fraction of sp³-hybridized carbons (Fsp3) is 0.533. The number of hydrogen-bond acceptors (Lipinski definition) is 3. The number of imidazole rings is 1. The third-order valence-electron chi connectivity index (χ3n) is 4.43. The molecule has 0 aliphatic carbocycles. The first kappa shape index (κ1) is 11.3. The quantitative estimate of drug-likeness (QED) is 0.918. The van der Waals surface area contributed by atoms with Gasteiger partial charge in [0.15, 0.2) is 0 Å². The summed E-state index contributed by atoms with van der Waals surface area (Å²) in [5.41, 5.74) is 2.24. The van der Waals surface area contributed by atoms with Gasteiger partial charge in [0.05, 0.1) is 23.7 Å². The van der Waals surface area contributed by atoms with Gasteiger partial charge in [-0.25, -0.2) is 0 Å². The summed E-state index contributed by atoms with van der Waals surface area (Å²) in [5, 5.41) is 3.70. The van der Waals surface area contributed by atoms with E-state index in [4.69, 9.17) is 4.74 Å². The van der Waals surface area contributed by atoms with E-state index >= 15 is 0 Å². The summed E-state index contributed by atoms with van der Waals surface area (Å²) < 4.78 is 8.08. The molecule has 1 N–H and O–H groups in total. The molecule has 2 aliphatic heterocycles. The summed E-state index contributed by atoms with van der Waals surface area (Å²) in [6, 6.07) is 10.9. The van der Waals surface area contributed by atoms with Crippen molar-refractivity contribution in [3.05, 3.63) is 24.3 Å². The minimum Gasteiger partial charge on any atom is -0.465 e. The summed E-state index contributed by atoms with van der Waals surface area (Å²) in [6.07, 6.45) is 3.79. The van der Waals surface area contributed by atoms with Crippen molar-refractivity contribution in [1.82, 2.24) is 14.9 Å². The summed E-state index contributed by atoms with van der Waals surface area (Å²) in [4.78, 5) is 4.64. The molecule has 19 heavy (non-hydrogen) atoms. The van der Waals surface area contributed by atoms with Gasteiger partial charge in [0.25, 0.3) is 6.01 Å². The zero-order chi connectivity index (χ0) is 12.8. The molecule has 1 aromatic carbocycles. The lowest BCUT2D eigenvalue weighted by molar-refractivity contribution is 0.274. The molecule has 4 rings (SSSR count). The normalized spacial score (nSPS) is 29.2. The smallest absolute Gasteiger partial charge is 0.297 e. The van der Waals surface area contributed by atoms with E-state index in [0.717, 1.165) is 11.5 Å². The van der Waals surface area contributed by atoms with Crippen LogP contribution in [0.4, 0.5) is 0 Å². The number of ether oxygens (including phenoxy) is 1. The lowest BCUT2D eigenvalue weighted by Crippen LogP contribution is -2.25. The average Bonchev–Trinajstić information content (AvgIpc) is 3.11. The van der Waals surface area contributed by atoms with E-state index in [0.29, 0.717) is 24.7 Å². The van der Waals surface area contributed by atoms with Gasteiger partial charge in [0, 0.05) is 12.1 Å². The Bertz CT molecular complexity index is 606. The van der Waals surface area contributed by atoms with Gasteiger partial charge in [0.1, 0.15) is 0 Å². The third kappa shape index (κ3) is 1.66. The standard InChI is InChI=1S/C15H19N3O/c1-2-19-15-17-11-5-3-4-6-13(11)18(15)14-9-10-7-8-12(14)16-10/h3-6,10,12,14,16H,2,7-9H2,1H3. The highest BCUT2D eigenvalue weighted by atomic mass is 16.5. The maximum Gasteiger partial charge on any atom is 0.297 e. The van der Waals surface area contributed by atoms with E-state index in [1.54, 1.807) is 0 Å². The van der Waals surface area contributed by atoms with Crippen molar-refractivity contribution >= 4 is 11.0 Å². The van der Waals surface area contributed by atoms with Crippen LogP contribution in [0.3, 0.4) is 0 Å². The number of benzene rings is 1. The van der Waals surface area contributed by atoms with Crippen molar-refractivity contribution in [2.45, 2.75) is 44.3 Å². The van der Waals surface area contributed by atoms with Crippen molar-refractivity contribution in [1.29, 1.82) is 0 Å². The highest BCUT2D eigenvalue weighted by Gasteiger charge is 2.41. The molecule has 0 spiro atoms. The Morgan fingerprint density at radius 3 is 3.00 bits per heavy atom. The molecule has 2 aliphatic rings. The van der Waals surface area contributed by atoms with Gasteiger partial charge in [-0.15, -0.1) is 0 Å². The first-order chi connectivity index (χ1) is 9.36. The van der Waals surface area contributed by atoms with Crippen LogP contribution in [-0.4, -0.2) is 28.2 Å². The Morgan fingerprint density at radius 1 is 1.37 bits per heavy atom. The number of fused-ring (bicyclic) bond motifs is 3. The molecule has 2 fully saturated rings. The Hall–Kier alpha value is -1.55. The highest BCUT2D eigenvalue weighted by Crippen LogP contribution is 2.40. The molecule has 2 bridgehead atoms. The Kier molecular flexibility index (Phi) is 2.52. The van der Waals surface area contributed by atoms with Gasteiger partial charge >= 0.3 is 0 Å². The molecule has 4 heteroatoms. The number of para-hydroxylation sites is 2. The number of hydrogen-bond donors (Lipinski definition) is 1. The topological polar surface area (TPSA) is 39.1 Å². The molecule has 100 valence electrons. The van der Waals surface area contributed by atoms with Crippen LogP contribution < -0.4 is 10.1 Å². The molecule has 1 aromatic heterocycles. The van der Waals surface area contributed by atoms with Crippen LogP contribution in [0.15, 0.2) is 24.3 Å². The van der Waals surface area contributed by atoms with Crippen LogP contribution >= 0.6 is 0 Å². The van der Waals surface area contributed by atoms with E-state index < -0.39 is 0 Å². The minimum atomic E-state index is 0.493. The molecule has 3 heterocycles. The summed E-state index contributed by atoms with van der Waals surface area (Å²) in [7, 11) is 0. The van der Waals surface area contributed by atoms with Gasteiger partial charge in [-0.2, -0.15) is 4.98 Å². The van der Waals surface area contributed by atoms with Crippen molar-refractivity contribution in [2.75, 3.05) is 6.61 Å². The van der Waals surface area contributed by atoms with Gasteiger partial charge in [-0.3, -0.25) is 4.57 Å². The van der Waals surface area contributed by atoms with Crippen molar-refractivity contribution in [3.8, 4) is 6.01 Å². The van der Waals surface area contributed by atoms with Crippen molar-refractivity contribution in [2.24, 2.45) is 0 Å². The van der Waals surface area contributed by atoms with E-state index in [2.05, 4.69) is 33.1 Å². The number of rotatable bonds is 3. The molecule has 3 unspecified atom stereocenters. The lowest BCUT2D eigenvalue weighted by Gasteiger charge is -2.23. The zero-order valence-corrected chi connectivity index (χ0v) is 11.2. The largest absolute Gasteiger partial charge is 0.465 e. The molecule has 0 saturated carbocycles. The first-order valence-corrected chi connectivity index (χ1v) is 7.22. The third-order valence-corrected chi connectivity index (χ3v) is 4.43. The molecule has 0 radical (unpaired) electrons. The van der Waals surface area contributed by atoms with Crippen molar-refractivity contribution < 1.29 is 4.74 Å². The summed E-state index contributed by atoms with van der Waals surface area (Å²) in [6.45, 7) is 2.68. The lowest BCUT2D eigenvalue weighted by atomic mass is 9.95. The number of nitrogens with one attached hydrogen (secondary N) is 1. The number of aromatic nitrogens is 2. The Labute approximate surface area is 112 Å². The fourth-order valence-corrected chi connectivity index (χ4v) is 3.65. The second kappa shape index (κ2) is 4.23. The maximum atomic E-state index is 5.77. The SMILES string of the molecule is CCOc1nc2ccccc2n1C1CC2CCC1N2. The monoisotopic (exact) mass is 257 g/mol. The van der Waals surface area contributed by atoms with E-state index in [-0.39, 0.29) is 0 Å². The van der Waals surface area contributed by atoms with Crippen LogP contribution in [0.1, 0.15) is 32.2 Å². The maximum absolute atomic E-state index is 5.77. The average molecular weight is 257 g/mol. The predicted molar refractivity (Wildman–Crippen MR) is 74.5 cm³/mol. The second-order valence-electron chi connectivity index (χ2n) is 5.54. The molecular weight excluding hydrogens is 238 g/mol. The van der Waals surface area contributed by atoms with Crippen LogP contribution in [0.25, 0.3) is 11.0 Å². The minimum absolute atomic E-state index is 0.493. The molecule has 0 amide bonds. The van der Waals surface area contributed by atoms with E-state index in [1.165, 1.54) is 24.8 Å². The van der Waals surface area contributed by atoms with Gasteiger partial charge in [-0.05, 0) is 38.3 Å². The van der Waals surface area contributed by atoms with E-state index in [9.17, 15) is 0 Å². The number of nitrogens with zero attached hydrogens (tertiary/aromatic N) is 2. The molecular formula is C15H19N3O. The second-order valence-corrected chi connectivity index (χ2v) is 5.54. The van der Waals surface area contributed by atoms with Gasteiger partial charge in [-0.1, -0.05) is 12.1 Å². The first-order valence-electron chi connectivity index (χ1n) is 7.22. The Morgan fingerprint density at radius 2 is 2.26 bits per heavy atom. The predicted octanol–water partition coefficient (Wildman–Crippen LogP) is 2.50. The summed E-state index contributed by atoms with van der Waals surface area (Å²) >= 11 is 0. The molecule has 4 nitrogen and oxygen atoms in total. The summed E-state index contributed by atoms with van der Waals surface area (Å²) in [5.74, 6) is 0. The zero-order valence-electron chi connectivity index (χ0n) is 11.2. The van der Waals surface area contributed by atoms with Gasteiger partial charge in [0.2, 0.25) is 0 Å². The fourth-order valence-electron chi connectivity index (χ4n) is 3.65. The van der Waals surface area contributed by atoms with Gasteiger partial charge < -0.3 is 10.1 Å². The molecule has 3 atom stereocenters. The van der Waals surface area contributed by atoms with Crippen LogP contribution in [0.5, 0.6) is 6.01 Å². The molecule has 2 saturated heterocycles. The van der Waals surface area contributed by atoms with Crippen LogP contribution in [0.2, 0.25) is 0 Å². The van der Waals surface area contributed by atoms with Crippen LogP contribution in [-0.2, 0) is 0 Å². The highest BCUT2D eigenvalue weighted by molar-refractivity contribution is 5.77. The van der Waals surface area contributed by atoms with Crippen LogP contribution in [0, 0.1) is 0 Å². The van der Waals surface area contributed by atoms with E-state index in [1.807, 2.05) is 13.0 Å². The van der Waals surface area contributed by atoms with Crippen molar-refractivity contribution in [3.63, 3.8) is 0 Å².